The van der Waals surface area contributed by atoms with E-state index in [4.69, 9.17) is 21.1 Å². The average Bonchev–Trinajstić information content (AvgIpc) is 2.05. The summed E-state index contributed by atoms with van der Waals surface area (Å²) in [6.45, 7) is 5.77. The lowest BCUT2D eigenvalue weighted by atomic mass is 10.1. The topological polar surface area (TPSA) is 18.5 Å². The van der Waals surface area contributed by atoms with Crippen LogP contribution in [0.3, 0.4) is 0 Å². The normalized spacial score (nSPS) is 23.9. The van der Waals surface area contributed by atoms with Gasteiger partial charge in [-0.15, -0.1) is 0 Å². The molecule has 0 aliphatic carbocycles. The van der Waals surface area contributed by atoms with Crippen LogP contribution in [0.1, 0.15) is 32.4 Å². The number of halogens is 1. The lowest BCUT2D eigenvalue weighted by molar-refractivity contribution is -0.202. The van der Waals surface area contributed by atoms with Gasteiger partial charge in [0, 0.05) is 19.4 Å². The zero-order chi connectivity index (χ0) is 10.3. The van der Waals surface area contributed by atoms with Crippen molar-refractivity contribution in [3.05, 3.63) is 28.8 Å². The van der Waals surface area contributed by atoms with Gasteiger partial charge in [-0.2, -0.15) is 0 Å². The number of hydrogen-bond acceptors (Lipinski definition) is 2. The largest absolute Gasteiger partial charge is 0.461 e. The Morgan fingerprint density at radius 1 is 1.36 bits per heavy atom. The van der Waals surface area contributed by atoms with Crippen molar-refractivity contribution in [3.8, 4) is 5.75 Å². The number of para-hydroxylation sites is 1. The molecule has 2 nitrogen and oxygen atoms in total. The first-order valence-electron chi connectivity index (χ1n) is 4.65. The summed E-state index contributed by atoms with van der Waals surface area (Å²) in [6, 6.07) is 5.71. The fraction of sp³-hybridized carbons (Fsp3) is 0.455. The van der Waals surface area contributed by atoms with Crippen molar-refractivity contribution in [1.29, 1.82) is 0 Å². The van der Waals surface area contributed by atoms with Crippen LogP contribution < -0.4 is 4.74 Å². The second-order valence-electron chi connectivity index (χ2n) is 3.92. The van der Waals surface area contributed by atoms with Crippen molar-refractivity contribution < 1.29 is 9.47 Å². The van der Waals surface area contributed by atoms with Gasteiger partial charge in [0.05, 0.1) is 11.1 Å². The smallest absolute Gasteiger partial charge is 0.205 e. The number of hydrogen-bond donors (Lipinski definition) is 0. The Morgan fingerprint density at radius 3 is 2.79 bits per heavy atom. The molecular weight excluding hydrogens is 200 g/mol. The summed E-state index contributed by atoms with van der Waals surface area (Å²) in [6.07, 6.45) is 0.0208. The molecule has 76 valence electrons. The van der Waals surface area contributed by atoms with Gasteiger partial charge < -0.3 is 9.47 Å². The predicted octanol–water partition coefficient (Wildman–Crippen LogP) is 3.55. The molecule has 1 atom stereocenters. The van der Waals surface area contributed by atoms with E-state index in [1.807, 2.05) is 39.0 Å². The highest BCUT2D eigenvalue weighted by molar-refractivity contribution is 6.32. The minimum atomic E-state index is -0.600. The Bertz CT molecular complexity index is 360. The standard InChI is InChI=1S/C11H13ClO2/c1-7-8-5-4-6-9(12)10(8)14-11(2,3)13-7/h4-7H,1-3H3. The summed E-state index contributed by atoms with van der Waals surface area (Å²) >= 11 is 6.05. The summed E-state index contributed by atoms with van der Waals surface area (Å²) < 4.78 is 11.3. The van der Waals surface area contributed by atoms with Crippen LogP contribution in [0.2, 0.25) is 5.02 Å². The van der Waals surface area contributed by atoms with Gasteiger partial charge in [-0.1, -0.05) is 23.7 Å². The molecule has 1 unspecified atom stereocenters. The molecule has 0 saturated heterocycles. The van der Waals surface area contributed by atoms with Gasteiger partial charge in [0.1, 0.15) is 5.75 Å². The first kappa shape index (κ1) is 9.81. The van der Waals surface area contributed by atoms with Crippen LogP contribution in [0.4, 0.5) is 0 Å². The van der Waals surface area contributed by atoms with E-state index in [0.29, 0.717) is 5.02 Å². The highest BCUT2D eigenvalue weighted by Crippen LogP contribution is 2.42. The van der Waals surface area contributed by atoms with Crippen LogP contribution in [-0.2, 0) is 4.74 Å². The molecule has 0 fully saturated rings. The number of benzene rings is 1. The molecule has 1 aromatic rings. The van der Waals surface area contributed by atoms with Crippen LogP contribution in [0.25, 0.3) is 0 Å². The SMILES string of the molecule is CC1OC(C)(C)Oc2c(Cl)cccc21. The van der Waals surface area contributed by atoms with Gasteiger partial charge in [0.2, 0.25) is 5.79 Å². The molecule has 0 spiro atoms. The van der Waals surface area contributed by atoms with E-state index in [2.05, 4.69) is 0 Å². The van der Waals surface area contributed by atoms with Crippen molar-refractivity contribution in [2.45, 2.75) is 32.7 Å². The van der Waals surface area contributed by atoms with Crippen LogP contribution >= 0.6 is 11.6 Å². The maximum absolute atomic E-state index is 6.05. The molecule has 3 heteroatoms. The van der Waals surface area contributed by atoms with E-state index in [1.165, 1.54) is 0 Å². The summed E-state index contributed by atoms with van der Waals surface area (Å²) in [7, 11) is 0. The lowest BCUT2D eigenvalue weighted by Crippen LogP contribution is -2.37. The van der Waals surface area contributed by atoms with Crippen LogP contribution in [-0.4, -0.2) is 5.79 Å². The molecule has 0 bridgehead atoms. The average molecular weight is 213 g/mol. The first-order valence-corrected chi connectivity index (χ1v) is 5.03. The summed E-state index contributed by atoms with van der Waals surface area (Å²) in [5, 5.41) is 0.644. The van der Waals surface area contributed by atoms with Crippen LogP contribution in [0, 0.1) is 0 Å². The molecule has 0 saturated carbocycles. The quantitative estimate of drug-likeness (QED) is 0.655. The second-order valence-corrected chi connectivity index (χ2v) is 4.33. The minimum absolute atomic E-state index is 0.0208. The monoisotopic (exact) mass is 212 g/mol. The van der Waals surface area contributed by atoms with Gasteiger partial charge in [-0.05, 0) is 13.0 Å². The third-order valence-electron chi connectivity index (χ3n) is 2.24. The van der Waals surface area contributed by atoms with Crippen molar-refractivity contribution in [2.75, 3.05) is 0 Å². The zero-order valence-electron chi connectivity index (χ0n) is 8.50. The molecule has 0 N–H and O–H groups in total. The van der Waals surface area contributed by atoms with E-state index in [-0.39, 0.29) is 6.10 Å². The predicted molar refractivity (Wildman–Crippen MR) is 55.7 cm³/mol. The molecule has 1 heterocycles. The number of ether oxygens (including phenoxy) is 2. The van der Waals surface area contributed by atoms with E-state index in [0.717, 1.165) is 11.3 Å². The second kappa shape index (κ2) is 3.14. The third-order valence-corrected chi connectivity index (χ3v) is 2.54. The Balaban J connectivity index is 2.51. The molecular formula is C11H13ClO2. The molecule has 0 aromatic heterocycles. The van der Waals surface area contributed by atoms with Gasteiger partial charge in [-0.3, -0.25) is 0 Å². The fourth-order valence-electron chi connectivity index (χ4n) is 1.71. The Labute approximate surface area is 88.8 Å². The summed E-state index contributed by atoms with van der Waals surface area (Å²) in [5.41, 5.74) is 1.01. The van der Waals surface area contributed by atoms with E-state index < -0.39 is 5.79 Å². The van der Waals surface area contributed by atoms with Crippen molar-refractivity contribution in [1.82, 2.24) is 0 Å². The highest BCUT2D eigenvalue weighted by Gasteiger charge is 2.33. The Morgan fingerprint density at radius 2 is 2.07 bits per heavy atom. The van der Waals surface area contributed by atoms with E-state index >= 15 is 0 Å². The lowest BCUT2D eigenvalue weighted by Gasteiger charge is -2.36. The zero-order valence-corrected chi connectivity index (χ0v) is 9.26. The summed E-state index contributed by atoms with van der Waals surface area (Å²) in [4.78, 5) is 0. The van der Waals surface area contributed by atoms with Gasteiger partial charge in [0.25, 0.3) is 0 Å². The Kier molecular flexibility index (Phi) is 2.20. The fourth-order valence-corrected chi connectivity index (χ4v) is 1.93. The highest BCUT2D eigenvalue weighted by atomic mass is 35.5. The van der Waals surface area contributed by atoms with Crippen LogP contribution in [0.15, 0.2) is 18.2 Å². The van der Waals surface area contributed by atoms with E-state index in [9.17, 15) is 0 Å². The maximum Gasteiger partial charge on any atom is 0.205 e. The maximum atomic E-state index is 6.05. The first-order chi connectivity index (χ1) is 6.49. The van der Waals surface area contributed by atoms with Gasteiger partial charge in [-0.25, -0.2) is 0 Å². The van der Waals surface area contributed by atoms with Gasteiger partial charge >= 0.3 is 0 Å². The molecule has 0 radical (unpaired) electrons. The number of fused-ring (bicyclic) bond motifs is 1. The molecule has 14 heavy (non-hydrogen) atoms. The Hall–Kier alpha value is -0.730. The molecule has 1 aliphatic heterocycles. The summed E-state index contributed by atoms with van der Waals surface area (Å²) in [5.74, 6) is 0.148. The molecule has 1 aromatic carbocycles. The van der Waals surface area contributed by atoms with Crippen molar-refractivity contribution >= 4 is 11.6 Å². The van der Waals surface area contributed by atoms with Crippen molar-refractivity contribution in [3.63, 3.8) is 0 Å². The molecule has 1 aliphatic rings. The molecule has 0 amide bonds. The minimum Gasteiger partial charge on any atom is -0.461 e. The number of rotatable bonds is 0. The third kappa shape index (κ3) is 1.60. The molecule has 2 rings (SSSR count). The van der Waals surface area contributed by atoms with E-state index in [1.54, 1.807) is 0 Å². The van der Waals surface area contributed by atoms with Gasteiger partial charge in [0.15, 0.2) is 0 Å². The van der Waals surface area contributed by atoms with Crippen LogP contribution in [0.5, 0.6) is 5.75 Å². The van der Waals surface area contributed by atoms with Crippen molar-refractivity contribution in [2.24, 2.45) is 0 Å².